The van der Waals surface area contributed by atoms with Crippen molar-refractivity contribution in [3.8, 4) is 0 Å². The van der Waals surface area contributed by atoms with Crippen molar-refractivity contribution in [1.82, 2.24) is 10.2 Å². The quantitative estimate of drug-likeness (QED) is 0.631. The maximum absolute atomic E-state index is 11.8. The second-order valence-corrected chi connectivity index (χ2v) is 1.69. The van der Waals surface area contributed by atoms with E-state index in [4.69, 9.17) is 14.3 Å². The van der Waals surface area contributed by atoms with Crippen molar-refractivity contribution in [2.24, 2.45) is 0 Å². The summed E-state index contributed by atoms with van der Waals surface area (Å²) in [6.45, 7) is 0. The third-order valence-electron chi connectivity index (χ3n) is 0.748. The molecule has 0 fully saturated rings. The van der Waals surface area contributed by atoms with Crippen LogP contribution in [0, 0.1) is 0 Å². The molecule has 0 unspecified atom stereocenters. The fourth-order valence-corrected chi connectivity index (χ4v) is 0.452. The van der Waals surface area contributed by atoms with Gasteiger partial charge in [-0.3, -0.25) is 0 Å². The van der Waals surface area contributed by atoms with Gasteiger partial charge in [-0.05, 0) is 0 Å². The smallest absolute Gasteiger partial charge is 0.416 e. The zero-order valence-corrected chi connectivity index (χ0v) is 5.57. The molecule has 1 rings (SSSR count). The molecule has 0 saturated carbocycles. The van der Waals surface area contributed by atoms with Crippen molar-refractivity contribution < 1.29 is 20.3 Å². The third kappa shape index (κ3) is 1.83. The van der Waals surface area contributed by atoms with E-state index in [-0.39, 0.29) is 0 Å². The van der Waals surface area contributed by atoms with Gasteiger partial charge in [0.2, 0.25) is 5.89 Å². The summed E-state index contributed by atoms with van der Waals surface area (Å²) < 4.78 is 53.0. The first-order valence-corrected chi connectivity index (χ1v) is 2.69. The van der Waals surface area contributed by atoms with Gasteiger partial charge in [0, 0.05) is 0 Å². The maximum Gasteiger partial charge on any atom is 0.470 e. The summed E-state index contributed by atoms with van der Waals surface area (Å²) in [5.41, 5.74) is 0. The van der Waals surface area contributed by atoms with E-state index in [0.717, 1.165) is 0 Å². The first-order chi connectivity index (χ1) is 5.71. The lowest BCUT2D eigenvalue weighted by Crippen LogP contribution is -2.04. The molecule has 1 heterocycles. The highest BCUT2D eigenvalue weighted by atomic mass is 35.5. The number of rotatable bonds is 1. The van der Waals surface area contributed by atoms with Crippen molar-refractivity contribution >= 4 is 11.6 Å². The number of alkyl halides is 4. The van der Waals surface area contributed by atoms with Gasteiger partial charge in [0.25, 0.3) is 0 Å². The van der Waals surface area contributed by atoms with Gasteiger partial charge >= 0.3 is 12.1 Å². The van der Waals surface area contributed by atoms with Gasteiger partial charge in [-0.2, -0.15) is 13.2 Å². The Balaban J connectivity index is 3.01. The minimum atomic E-state index is -4.78. The highest BCUT2D eigenvalue weighted by molar-refractivity contribution is 6.16. The molecule has 0 amide bonds. The number of hydrogen-bond acceptors (Lipinski definition) is 3. The van der Waals surface area contributed by atoms with Gasteiger partial charge in [-0.25, -0.2) is 0 Å². The Hall–Kier alpha value is -0.780. The molecule has 1 aromatic rings. The molecule has 0 radical (unpaired) electrons. The molecular weight excluding hydrogens is 185 g/mol. The van der Waals surface area contributed by atoms with Gasteiger partial charge in [0.1, 0.15) is 5.83 Å². The second kappa shape index (κ2) is 2.69. The molecule has 7 heteroatoms. The van der Waals surface area contributed by atoms with Gasteiger partial charge in [0.05, 0.1) is 2.74 Å². The summed E-state index contributed by atoms with van der Waals surface area (Å²) in [5.74, 6) is -5.12. The molecule has 0 N–H and O–H groups in total. The van der Waals surface area contributed by atoms with Crippen LogP contribution in [0.2, 0.25) is 0 Å². The SMILES string of the molecule is [2H]C([2H])(Cl)c1nnc(C(F)(F)F)o1. The molecular formula is C4H2ClF3N2O. The predicted molar refractivity (Wildman–Crippen MR) is 28.9 cm³/mol. The van der Waals surface area contributed by atoms with Crippen molar-refractivity contribution in [3.05, 3.63) is 11.8 Å². The van der Waals surface area contributed by atoms with E-state index >= 15 is 0 Å². The average molecular weight is 189 g/mol. The maximum atomic E-state index is 11.8. The Morgan fingerprint density at radius 3 is 2.45 bits per heavy atom. The minimum absolute atomic E-state index is 0.915. The van der Waals surface area contributed by atoms with Crippen LogP contribution in [0.15, 0.2) is 4.42 Å². The van der Waals surface area contributed by atoms with Crippen LogP contribution in [0.5, 0.6) is 0 Å². The van der Waals surface area contributed by atoms with Crippen LogP contribution in [0.4, 0.5) is 13.2 Å². The Bertz CT molecular complexity index is 279. The van der Waals surface area contributed by atoms with Crippen LogP contribution in [-0.4, -0.2) is 10.2 Å². The van der Waals surface area contributed by atoms with Crippen molar-refractivity contribution in [3.63, 3.8) is 0 Å². The van der Waals surface area contributed by atoms with Crippen molar-refractivity contribution in [2.75, 3.05) is 0 Å². The molecule has 62 valence electrons. The number of nitrogens with zero attached hydrogens (tertiary/aromatic N) is 2. The van der Waals surface area contributed by atoms with E-state index < -0.39 is 23.8 Å². The highest BCUT2D eigenvalue weighted by Crippen LogP contribution is 2.27. The monoisotopic (exact) mass is 188 g/mol. The van der Waals surface area contributed by atoms with E-state index in [9.17, 15) is 13.2 Å². The molecule has 0 aliphatic rings. The fourth-order valence-electron chi connectivity index (χ4n) is 0.376. The molecule has 0 bridgehead atoms. The topological polar surface area (TPSA) is 38.9 Å². The minimum Gasteiger partial charge on any atom is -0.416 e. The number of aromatic nitrogens is 2. The molecule has 1 aromatic heterocycles. The van der Waals surface area contributed by atoms with Gasteiger partial charge in [-0.15, -0.1) is 21.8 Å². The van der Waals surface area contributed by atoms with Crippen LogP contribution in [0.25, 0.3) is 0 Å². The molecule has 0 spiro atoms. The molecule has 0 atom stereocenters. The second-order valence-electron chi connectivity index (χ2n) is 1.50. The van der Waals surface area contributed by atoms with E-state index in [1.165, 1.54) is 0 Å². The summed E-state index contributed by atoms with van der Waals surface area (Å²) in [6, 6.07) is 0. The van der Waals surface area contributed by atoms with Crippen molar-refractivity contribution in [1.29, 1.82) is 0 Å². The van der Waals surface area contributed by atoms with Gasteiger partial charge < -0.3 is 4.42 Å². The Kier molecular flexibility index (Phi) is 1.42. The lowest BCUT2D eigenvalue weighted by molar-refractivity contribution is -0.157. The summed E-state index contributed by atoms with van der Waals surface area (Å²) in [7, 11) is 0. The van der Waals surface area contributed by atoms with Crippen LogP contribution < -0.4 is 0 Å². The summed E-state index contributed by atoms with van der Waals surface area (Å²) in [4.78, 5) is 0. The van der Waals surface area contributed by atoms with E-state index in [1.54, 1.807) is 0 Å². The molecule has 0 aromatic carbocycles. The van der Waals surface area contributed by atoms with Gasteiger partial charge in [-0.1, -0.05) is 0 Å². The summed E-state index contributed by atoms with van der Waals surface area (Å²) >= 11 is 4.99. The molecule has 11 heavy (non-hydrogen) atoms. The summed E-state index contributed by atoms with van der Waals surface area (Å²) in [5, 5.41) is 5.40. The Labute approximate surface area is 67.0 Å². The zero-order chi connectivity index (χ0) is 10.3. The Morgan fingerprint density at radius 1 is 1.55 bits per heavy atom. The van der Waals surface area contributed by atoms with E-state index in [1.807, 2.05) is 0 Å². The number of hydrogen-bond donors (Lipinski definition) is 0. The zero-order valence-electron chi connectivity index (χ0n) is 6.81. The van der Waals surface area contributed by atoms with E-state index in [0.29, 0.717) is 0 Å². The van der Waals surface area contributed by atoms with Crippen LogP contribution >= 0.6 is 11.6 Å². The lowest BCUT2D eigenvalue weighted by atomic mass is 10.7. The van der Waals surface area contributed by atoms with Crippen LogP contribution in [0.1, 0.15) is 14.5 Å². The lowest BCUT2D eigenvalue weighted by Gasteiger charge is -1.96. The molecule has 0 aliphatic carbocycles. The largest absolute Gasteiger partial charge is 0.470 e. The third-order valence-corrected chi connectivity index (χ3v) is 0.910. The first-order valence-electron chi connectivity index (χ1n) is 3.31. The normalized spacial score (nSPS) is 16.0. The van der Waals surface area contributed by atoms with Gasteiger partial charge in [0.15, 0.2) is 0 Å². The van der Waals surface area contributed by atoms with Crippen LogP contribution in [-0.2, 0) is 12.0 Å². The van der Waals surface area contributed by atoms with Crippen LogP contribution in [0.3, 0.4) is 0 Å². The van der Waals surface area contributed by atoms with E-state index in [2.05, 4.69) is 14.6 Å². The number of halogens is 4. The standard InChI is InChI=1S/C4H2ClF3N2O/c5-1-2-9-10-3(11-2)4(6,7)8/h1H2/i1D2. The highest BCUT2D eigenvalue weighted by Gasteiger charge is 2.37. The fraction of sp³-hybridized carbons (Fsp3) is 0.500. The predicted octanol–water partition coefficient (Wildman–Crippen LogP) is 1.83. The average Bonchev–Trinajstić information content (AvgIpc) is 2.28. The molecule has 3 nitrogen and oxygen atoms in total. The van der Waals surface area contributed by atoms with Crippen molar-refractivity contribution in [2.45, 2.75) is 12.0 Å². The summed E-state index contributed by atoms with van der Waals surface area (Å²) in [6.07, 6.45) is -4.78. The molecule has 0 saturated heterocycles. The Morgan fingerprint density at radius 2 is 2.18 bits per heavy atom. The molecule has 0 aliphatic heterocycles. The first kappa shape index (κ1) is 5.82.